The molecule has 13 heteroatoms. The van der Waals surface area contributed by atoms with Crippen LogP contribution in [0.15, 0.2) is 42.5 Å². The van der Waals surface area contributed by atoms with E-state index in [4.69, 9.17) is 21.1 Å². The third-order valence-corrected chi connectivity index (χ3v) is 7.75. The maximum atomic E-state index is 14.9. The van der Waals surface area contributed by atoms with Gasteiger partial charge in [0.25, 0.3) is 0 Å². The van der Waals surface area contributed by atoms with Gasteiger partial charge in [-0.15, -0.1) is 0 Å². The van der Waals surface area contributed by atoms with Crippen LogP contribution in [-0.4, -0.2) is 49.8 Å². The Morgan fingerprint density at radius 1 is 1.17 bits per heavy atom. The lowest BCUT2D eigenvalue weighted by Gasteiger charge is -2.30. The van der Waals surface area contributed by atoms with Gasteiger partial charge in [0, 0.05) is 24.7 Å². The number of fused-ring (bicyclic) bond motifs is 2. The Hall–Kier alpha value is -3.74. The van der Waals surface area contributed by atoms with Gasteiger partial charge in [0.15, 0.2) is 5.82 Å². The summed E-state index contributed by atoms with van der Waals surface area (Å²) in [5, 5.41) is 9.94. The lowest BCUT2D eigenvalue weighted by atomic mass is 10.0. The van der Waals surface area contributed by atoms with Crippen LogP contribution in [0.25, 0.3) is 11.0 Å². The predicted octanol–water partition coefficient (Wildman–Crippen LogP) is 5.87. The fourth-order valence-corrected chi connectivity index (χ4v) is 5.31. The number of benzene rings is 2. The average molecular weight is 605 g/mol. The number of aromatic carboxylic acids is 1. The molecule has 0 amide bonds. The molecular weight excluding hydrogens is 580 g/mol. The summed E-state index contributed by atoms with van der Waals surface area (Å²) in [6.07, 6.45) is -3.64. The topological polar surface area (TPSA) is 89.7 Å². The van der Waals surface area contributed by atoms with E-state index in [0.29, 0.717) is 59.3 Å². The number of pyridine rings is 1. The minimum absolute atomic E-state index is 0.0533. The summed E-state index contributed by atoms with van der Waals surface area (Å²) < 4.78 is 69.6. The minimum atomic E-state index is -4.65. The molecule has 1 N–H and O–H groups in total. The predicted molar refractivity (Wildman–Crippen MR) is 144 cm³/mol. The molecule has 0 spiro atoms. The molecule has 42 heavy (non-hydrogen) atoms. The van der Waals surface area contributed by atoms with Crippen molar-refractivity contribution in [1.82, 2.24) is 19.4 Å². The van der Waals surface area contributed by atoms with Crippen molar-refractivity contribution < 1.29 is 36.9 Å². The highest BCUT2D eigenvalue weighted by molar-refractivity contribution is 6.30. The van der Waals surface area contributed by atoms with Crippen LogP contribution >= 0.6 is 11.6 Å². The first kappa shape index (κ1) is 28.4. The summed E-state index contributed by atoms with van der Waals surface area (Å²) in [4.78, 5) is 22.3. The van der Waals surface area contributed by atoms with Crippen LogP contribution in [-0.2, 0) is 43.6 Å². The zero-order valence-corrected chi connectivity index (χ0v) is 22.9. The quantitative estimate of drug-likeness (QED) is 0.252. The highest BCUT2D eigenvalue weighted by Crippen LogP contribution is 2.38. The van der Waals surface area contributed by atoms with Gasteiger partial charge in [-0.25, -0.2) is 19.2 Å². The number of alkyl halides is 3. The molecule has 2 aliphatic rings. The second kappa shape index (κ2) is 11.2. The van der Waals surface area contributed by atoms with Crippen molar-refractivity contribution in [3.63, 3.8) is 0 Å². The van der Waals surface area contributed by atoms with E-state index >= 15 is 0 Å². The van der Waals surface area contributed by atoms with Crippen LogP contribution in [0, 0.1) is 5.82 Å². The first-order valence-corrected chi connectivity index (χ1v) is 13.7. The van der Waals surface area contributed by atoms with Gasteiger partial charge in [-0.2, -0.15) is 13.2 Å². The molecule has 2 aromatic heterocycles. The maximum Gasteiger partial charge on any atom is 0.421 e. The lowest BCUT2D eigenvalue weighted by Crippen LogP contribution is -2.34. The number of hydrogen-bond acceptors (Lipinski definition) is 6. The second-order valence-corrected chi connectivity index (χ2v) is 10.8. The molecule has 0 bridgehead atoms. The molecule has 0 saturated carbocycles. The number of ether oxygens (including phenoxy) is 2. The molecule has 0 unspecified atom stereocenters. The van der Waals surface area contributed by atoms with E-state index in [1.54, 1.807) is 28.8 Å². The number of imidazole rings is 1. The number of nitrogens with zero attached hydrogens (tertiary/aromatic N) is 4. The average Bonchev–Trinajstić information content (AvgIpc) is 3.26. The smallest absolute Gasteiger partial charge is 0.421 e. The van der Waals surface area contributed by atoms with Gasteiger partial charge < -0.3 is 19.1 Å². The Morgan fingerprint density at radius 2 is 1.93 bits per heavy atom. The Balaban J connectivity index is 1.28. The Kier molecular flexibility index (Phi) is 7.54. The number of aromatic nitrogens is 3. The molecular formula is C29H25ClF4N4O4. The monoisotopic (exact) mass is 604 g/mol. The Morgan fingerprint density at radius 3 is 2.60 bits per heavy atom. The third kappa shape index (κ3) is 5.79. The summed E-state index contributed by atoms with van der Waals surface area (Å²) in [6.45, 7) is 1.74. The van der Waals surface area contributed by atoms with Crippen molar-refractivity contribution in [1.29, 1.82) is 0 Å². The molecule has 1 atom stereocenters. The summed E-state index contributed by atoms with van der Waals surface area (Å²) in [7, 11) is 0. The largest absolute Gasteiger partial charge is 0.478 e. The third-order valence-electron chi connectivity index (χ3n) is 7.50. The number of hydrogen-bond donors (Lipinski definition) is 1. The van der Waals surface area contributed by atoms with Gasteiger partial charge in [-0.1, -0.05) is 23.7 Å². The van der Waals surface area contributed by atoms with E-state index in [9.17, 15) is 27.5 Å². The van der Waals surface area contributed by atoms with Crippen molar-refractivity contribution in [3.8, 4) is 5.88 Å². The lowest BCUT2D eigenvalue weighted by molar-refractivity contribution is -0.139. The van der Waals surface area contributed by atoms with Gasteiger partial charge in [0.05, 0.1) is 36.0 Å². The number of carboxylic acid groups (broad SMARTS) is 1. The van der Waals surface area contributed by atoms with Crippen LogP contribution in [0.5, 0.6) is 5.88 Å². The fraction of sp³-hybridized carbons (Fsp3) is 0.345. The van der Waals surface area contributed by atoms with Crippen LogP contribution in [0.3, 0.4) is 0 Å². The van der Waals surface area contributed by atoms with Crippen molar-refractivity contribution in [3.05, 3.63) is 87.1 Å². The number of rotatable bonds is 8. The maximum absolute atomic E-state index is 14.9. The molecule has 1 saturated heterocycles. The Labute approximate surface area is 242 Å². The normalized spacial score (nSPS) is 17.2. The summed E-state index contributed by atoms with van der Waals surface area (Å²) in [5.74, 6) is -2.00. The van der Waals surface area contributed by atoms with E-state index in [1.165, 1.54) is 6.07 Å². The highest BCUT2D eigenvalue weighted by Gasteiger charge is 2.37. The molecule has 220 valence electrons. The van der Waals surface area contributed by atoms with Crippen molar-refractivity contribution in [2.24, 2.45) is 0 Å². The van der Waals surface area contributed by atoms with E-state index in [0.717, 1.165) is 18.6 Å². The van der Waals surface area contributed by atoms with E-state index in [2.05, 4.69) is 9.97 Å². The van der Waals surface area contributed by atoms with Crippen LogP contribution < -0.4 is 4.74 Å². The molecule has 4 heterocycles. The van der Waals surface area contributed by atoms with Gasteiger partial charge in [-0.05, 0) is 54.3 Å². The van der Waals surface area contributed by atoms with Crippen LogP contribution in [0.2, 0.25) is 5.02 Å². The minimum Gasteiger partial charge on any atom is -0.478 e. The number of halogens is 5. The van der Waals surface area contributed by atoms with Crippen molar-refractivity contribution in [2.45, 2.75) is 51.4 Å². The first-order valence-electron chi connectivity index (χ1n) is 13.3. The second-order valence-electron chi connectivity index (χ2n) is 10.4. The highest BCUT2D eigenvalue weighted by atomic mass is 35.5. The summed E-state index contributed by atoms with van der Waals surface area (Å²) >= 11 is 5.90. The van der Waals surface area contributed by atoms with E-state index < -0.39 is 29.4 Å². The summed E-state index contributed by atoms with van der Waals surface area (Å²) in [5.41, 5.74) is 0.844. The van der Waals surface area contributed by atoms with Gasteiger partial charge in [0.1, 0.15) is 23.5 Å². The van der Waals surface area contributed by atoms with Gasteiger partial charge >= 0.3 is 12.1 Å². The zero-order chi connectivity index (χ0) is 29.6. The molecule has 2 aromatic carbocycles. The van der Waals surface area contributed by atoms with Crippen LogP contribution in [0.4, 0.5) is 17.6 Å². The SMILES string of the molecule is O=C(O)c1cc(F)c2nc(CN3CCc4cc(C(F)(F)F)c(OCc5ccc(Cl)cc5)nc4C3)n(C[C@@H]3CCO3)c2c1. The van der Waals surface area contributed by atoms with Crippen molar-refractivity contribution in [2.75, 3.05) is 13.2 Å². The van der Waals surface area contributed by atoms with Crippen molar-refractivity contribution >= 4 is 28.6 Å². The number of carboxylic acids is 1. The summed E-state index contributed by atoms with van der Waals surface area (Å²) in [6, 6.07) is 10.0. The molecule has 6 rings (SSSR count). The van der Waals surface area contributed by atoms with Gasteiger partial charge in [-0.3, -0.25) is 4.90 Å². The molecule has 0 radical (unpaired) electrons. The molecule has 2 aliphatic heterocycles. The van der Waals surface area contributed by atoms with Crippen LogP contribution in [0.1, 0.15) is 45.0 Å². The Bertz CT molecular complexity index is 1650. The van der Waals surface area contributed by atoms with E-state index in [1.807, 2.05) is 4.90 Å². The standard InChI is InChI=1S/C29H25ClF4N4O4/c30-19-3-1-16(2-4-19)15-42-27-21(29(32,33)34)9-17-5-7-37(13-23(17)35-27)14-25-36-26-22(31)10-18(28(39)40)11-24(26)38(25)12-20-6-8-41-20/h1-4,9-11,20H,5-8,12-15H2,(H,39,40)/t20-/m0/s1. The van der Waals surface area contributed by atoms with E-state index in [-0.39, 0.29) is 36.9 Å². The zero-order valence-electron chi connectivity index (χ0n) is 22.1. The molecule has 1 fully saturated rings. The molecule has 4 aromatic rings. The van der Waals surface area contributed by atoms with Gasteiger partial charge in [0.2, 0.25) is 5.88 Å². The number of carbonyl (C=O) groups is 1. The fourth-order valence-electron chi connectivity index (χ4n) is 5.19. The molecule has 0 aliphatic carbocycles. The first-order chi connectivity index (χ1) is 20.0. The molecule has 8 nitrogen and oxygen atoms in total.